The van der Waals surface area contributed by atoms with Gasteiger partial charge >= 0.3 is 5.97 Å². The van der Waals surface area contributed by atoms with Crippen molar-refractivity contribution >= 4 is 11.8 Å². The lowest BCUT2D eigenvalue weighted by atomic mass is 9.40. The number of carbonyl (C=O) groups excluding carboxylic acids is 2. The van der Waals surface area contributed by atoms with Crippen LogP contribution in [-0.4, -0.2) is 18.4 Å². The number of hydrogen-bond acceptors (Lipinski definition) is 3. The molecule has 0 amide bonds. The maximum absolute atomic E-state index is 13.1. The predicted molar refractivity (Wildman–Crippen MR) is 106 cm³/mol. The van der Waals surface area contributed by atoms with Crippen molar-refractivity contribution in [3.8, 4) is 0 Å². The summed E-state index contributed by atoms with van der Waals surface area (Å²) in [7, 11) is 0. The van der Waals surface area contributed by atoms with Gasteiger partial charge < -0.3 is 4.74 Å². The van der Waals surface area contributed by atoms with Crippen molar-refractivity contribution in [2.75, 3.05) is 6.61 Å². The van der Waals surface area contributed by atoms with Crippen molar-refractivity contribution in [2.24, 2.45) is 33.5 Å². The first kappa shape index (κ1) is 19.2. The summed E-state index contributed by atoms with van der Waals surface area (Å²) in [5, 5.41) is 0. The van der Waals surface area contributed by atoms with Gasteiger partial charge in [0, 0.05) is 10.8 Å². The van der Waals surface area contributed by atoms with E-state index in [0.717, 1.165) is 56.9 Å². The zero-order valence-electron chi connectivity index (χ0n) is 17.7. The average Bonchev–Trinajstić information content (AvgIpc) is 2.76. The Bertz CT molecular complexity index is 696. The third-order valence-electron chi connectivity index (χ3n) is 9.34. The lowest BCUT2D eigenvalue weighted by Crippen LogP contribution is -2.59. The van der Waals surface area contributed by atoms with Crippen molar-refractivity contribution in [2.45, 2.75) is 85.5 Å². The minimum Gasteiger partial charge on any atom is -0.465 e. The molecule has 0 N–H and O–H groups in total. The SMILES string of the molecule is C=C1C(=O)[C@]2(C)CC[C@@H]3[C@]1(CCC1[C@](C)(C(=O)OCCC)CCC[C@]13C)C2. The van der Waals surface area contributed by atoms with Gasteiger partial charge in [0.05, 0.1) is 12.0 Å². The molecule has 0 aliphatic heterocycles. The molecule has 2 bridgehead atoms. The molecule has 0 radical (unpaired) electrons. The number of allylic oxidation sites excluding steroid dienone is 1. The molecule has 1 unspecified atom stereocenters. The van der Waals surface area contributed by atoms with Gasteiger partial charge in [-0.1, -0.05) is 33.8 Å². The van der Waals surface area contributed by atoms with Gasteiger partial charge in [0.2, 0.25) is 0 Å². The molecule has 0 aromatic heterocycles. The fourth-order valence-electron chi connectivity index (χ4n) is 8.11. The lowest BCUT2D eigenvalue weighted by molar-refractivity contribution is -0.184. The molecular weight excluding hydrogens is 336 g/mol. The highest BCUT2D eigenvalue weighted by atomic mass is 16.5. The van der Waals surface area contributed by atoms with E-state index in [9.17, 15) is 9.59 Å². The zero-order chi connectivity index (χ0) is 19.7. The standard InChI is InChI=1S/C24H36O3/c1-6-14-27-20(26)23(5)11-7-10-22(4)17(23)9-13-24-15-21(3,12-8-18(22)24)19(25)16(24)2/h17-18H,2,6-15H2,1,3-5H3/t17?,18-,21+,22+,23+,24+/m0/s1. The fourth-order valence-corrected chi connectivity index (χ4v) is 8.11. The van der Waals surface area contributed by atoms with Crippen LogP contribution in [0.5, 0.6) is 0 Å². The van der Waals surface area contributed by atoms with Crippen LogP contribution in [0.1, 0.15) is 85.5 Å². The number of Topliss-reactive ketones (excluding diaryl/α,β-unsaturated/α-hetero) is 1. The Labute approximate surface area is 164 Å². The predicted octanol–water partition coefficient (Wildman–Crippen LogP) is 5.48. The van der Waals surface area contributed by atoms with Crippen LogP contribution in [0.25, 0.3) is 0 Å². The van der Waals surface area contributed by atoms with Gasteiger partial charge in [-0.25, -0.2) is 0 Å². The number of rotatable bonds is 3. The summed E-state index contributed by atoms with van der Waals surface area (Å²) in [6.45, 7) is 13.7. The summed E-state index contributed by atoms with van der Waals surface area (Å²) in [5.74, 6) is 1.17. The second kappa shape index (κ2) is 5.94. The smallest absolute Gasteiger partial charge is 0.312 e. The molecule has 3 heteroatoms. The maximum Gasteiger partial charge on any atom is 0.312 e. The Kier molecular flexibility index (Phi) is 4.22. The Morgan fingerprint density at radius 1 is 1.11 bits per heavy atom. The summed E-state index contributed by atoms with van der Waals surface area (Å²) >= 11 is 0. The second-order valence-electron chi connectivity index (χ2n) is 10.8. The van der Waals surface area contributed by atoms with E-state index in [-0.39, 0.29) is 27.6 Å². The van der Waals surface area contributed by atoms with Crippen LogP contribution in [0.3, 0.4) is 0 Å². The van der Waals surface area contributed by atoms with Gasteiger partial charge in [-0.3, -0.25) is 9.59 Å². The van der Waals surface area contributed by atoms with Gasteiger partial charge in [-0.05, 0) is 81.1 Å². The van der Waals surface area contributed by atoms with Gasteiger partial charge in [0.15, 0.2) is 5.78 Å². The number of hydrogen-bond donors (Lipinski definition) is 0. The molecule has 6 atom stereocenters. The topological polar surface area (TPSA) is 43.4 Å². The van der Waals surface area contributed by atoms with Crippen molar-refractivity contribution in [1.29, 1.82) is 0 Å². The van der Waals surface area contributed by atoms with Crippen molar-refractivity contribution in [3.05, 3.63) is 12.2 Å². The first-order valence-corrected chi connectivity index (χ1v) is 11.1. The molecule has 1 spiro atoms. The summed E-state index contributed by atoms with van der Waals surface area (Å²) in [5.41, 5.74) is 0.434. The van der Waals surface area contributed by atoms with Crippen LogP contribution >= 0.6 is 0 Å². The van der Waals surface area contributed by atoms with E-state index in [1.807, 2.05) is 6.92 Å². The number of fused-ring (bicyclic) bond motifs is 3. The van der Waals surface area contributed by atoms with Crippen molar-refractivity contribution in [1.82, 2.24) is 0 Å². The quantitative estimate of drug-likeness (QED) is 0.487. The molecule has 0 aromatic carbocycles. The van der Waals surface area contributed by atoms with Crippen LogP contribution in [-0.2, 0) is 14.3 Å². The van der Waals surface area contributed by atoms with Crippen molar-refractivity contribution < 1.29 is 14.3 Å². The van der Waals surface area contributed by atoms with E-state index in [1.54, 1.807) is 0 Å². The molecule has 150 valence electrons. The van der Waals surface area contributed by atoms with E-state index in [1.165, 1.54) is 6.42 Å². The fraction of sp³-hybridized carbons (Fsp3) is 0.833. The van der Waals surface area contributed by atoms with Gasteiger partial charge in [0.1, 0.15) is 0 Å². The Balaban J connectivity index is 1.71. The van der Waals surface area contributed by atoms with Crippen LogP contribution in [0.15, 0.2) is 12.2 Å². The minimum absolute atomic E-state index is 0.0122. The minimum atomic E-state index is -0.380. The lowest BCUT2D eigenvalue weighted by Gasteiger charge is -2.63. The van der Waals surface area contributed by atoms with E-state index in [0.29, 0.717) is 24.2 Å². The first-order chi connectivity index (χ1) is 12.6. The highest BCUT2D eigenvalue weighted by Gasteiger charge is 2.69. The summed E-state index contributed by atoms with van der Waals surface area (Å²) in [4.78, 5) is 26.1. The van der Waals surface area contributed by atoms with Gasteiger partial charge in [0.25, 0.3) is 0 Å². The molecular formula is C24H36O3. The molecule has 3 nitrogen and oxygen atoms in total. The second-order valence-corrected chi connectivity index (χ2v) is 10.8. The third kappa shape index (κ3) is 2.32. The molecule has 27 heavy (non-hydrogen) atoms. The Hall–Kier alpha value is -1.12. The average molecular weight is 373 g/mol. The zero-order valence-corrected chi connectivity index (χ0v) is 17.7. The molecule has 4 rings (SSSR count). The van der Waals surface area contributed by atoms with E-state index in [4.69, 9.17) is 4.74 Å². The Morgan fingerprint density at radius 2 is 1.81 bits per heavy atom. The van der Waals surface area contributed by atoms with Crippen LogP contribution in [0.4, 0.5) is 0 Å². The Morgan fingerprint density at radius 3 is 2.52 bits per heavy atom. The highest BCUT2D eigenvalue weighted by Crippen LogP contribution is 2.74. The molecule has 4 aliphatic carbocycles. The number of carbonyl (C=O) groups is 2. The maximum atomic E-state index is 13.1. The van der Waals surface area contributed by atoms with Crippen LogP contribution < -0.4 is 0 Å². The molecule has 4 fully saturated rings. The number of ketones is 1. The largest absolute Gasteiger partial charge is 0.465 e. The molecule has 0 saturated heterocycles. The molecule has 0 aromatic rings. The molecule has 0 heterocycles. The first-order valence-electron chi connectivity index (χ1n) is 11.1. The number of esters is 1. The highest BCUT2D eigenvalue weighted by molar-refractivity contribution is 6.03. The van der Waals surface area contributed by atoms with E-state index < -0.39 is 0 Å². The summed E-state index contributed by atoms with van der Waals surface area (Å²) in [6.07, 6.45) is 9.17. The van der Waals surface area contributed by atoms with Gasteiger partial charge in [-0.2, -0.15) is 0 Å². The molecule has 4 aliphatic rings. The van der Waals surface area contributed by atoms with E-state index >= 15 is 0 Å². The van der Waals surface area contributed by atoms with E-state index in [2.05, 4.69) is 27.4 Å². The van der Waals surface area contributed by atoms with Crippen LogP contribution in [0.2, 0.25) is 0 Å². The third-order valence-corrected chi connectivity index (χ3v) is 9.34. The van der Waals surface area contributed by atoms with Crippen LogP contribution in [0, 0.1) is 33.5 Å². The molecule has 4 saturated carbocycles. The van der Waals surface area contributed by atoms with Crippen molar-refractivity contribution in [3.63, 3.8) is 0 Å². The number of ether oxygens (including phenoxy) is 1. The summed E-state index contributed by atoms with van der Waals surface area (Å²) < 4.78 is 5.67. The summed E-state index contributed by atoms with van der Waals surface area (Å²) in [6, 6.07) is 0. The normalized spacial score (nSPS) is 48.7. The monoisotopic (exact) mass is 372 g/mol. The van der Waals surface area contributed by atoms with Gasteiger partial charge in [-0.15, -0.1) is 0 Å².